The van der Waals surface area contributed by atoms with Crippen LogP contribution in [0.4, 0.5) is 5.82 Å². The summed E-state index contributed by atoms with van der Waals surface area (Å²) in [6.45, 7) is 8.04. The van der Waals surface area contributed by atoms with E-state index >= 15 is 0 Å². The first kappa shape index (κ1) is 23.7. The van der Waals surface area contributed by atoms with Crippen molar-refractivity contribution in [1.82, 2.24) is 19.9 Å². The second-order valence-electron chi connectivity index (χ2n) is 8.76. The molecule has 2 aliphatic rings. The summed E-state index contributed by atoms with van der Waals surface area (Å²) in [5.74, 6) is 2.03. The Morgan fingerprint density at radius 2 is 1.94 bits per heavy atom. The highest BCUT2D eigenvalue weighted by Gasteiger charge is 2.25. The number of ether oxygens (including phenoxy) is 3. The molecular formula is C25H29N5O4S. The Bertz CT molecular complexity index is 1210. The van der Waals surface area contributed by atoms with Crippen molar-refractivity contribution in [2.45, 2.75) is 26.1 Å². The fourth-order valence-corrected chi connectivity index (χ4v) is 5.40. The first-order chi connectivity index (χ1) is 17.0. The Balaban J connectivity index is 1.47. The van der Waals surface area contributed by atoms with Crippen molar-refractivity contribution >= 4 is 39.4 Å². The molecule has 0 radical (unpaired) electrons. The molecule has 0 aromatic carbocycles. The van der Waals surface area contributed by atoms with Gasteiger partial charge in [-0.15, -0.1) is 11.3 Å². The van der Waals surface area contributed by atoms with Crippen molar-refractivity contribution in [3.63, 3.8) is 0 Å². The van der Waals surface area contributed by atoms with E-state index in [1.807, 2.05) is 37.0 Å². The van der Waals surface area contributed by atoms with Crippen LogP contribution in [0.25, 0.3) is 27.7 Å². The molecule has 5 heterocycles. The number of nitrogens with zero attached hydrogens (tertiary/aromatic N) is 5. The number of carbonyl (C=O) groups is 1. The number of morpholine rings is 2. The van der Waals surface area contributed by atoms with Gasteiger partial charge in [-0.1, -0.05) is 0 Å². The summed E-state index contributed by atoms with van der Waals surface area (Å²) < 4.78 is 17.5. The van der Waals surface area contributed by atoms with Gasteiger partial charge in [-0.3, -0.25) is 4.79 Å². The zero-order valence-electron chi connectivity index (χ0n) is 20.1. The van der Waals surface area contributed by atoms with Crippen molar-refractivity contribution in [3.8, 4) is 17.3 Å². The fourth-order valence-electron chi connectivity index (χ4n) is 4.38. The number of methoxy groups -OCH3 is 1. The summed E-state index contributed by atoms with van der Waals surface area (Å²) in [5.41, 5.74) is 1.66. The van der Waals surface area contributed by atoms with Gasteiger partial charge in [0, 0.05) is 55.0 Å². The van der Waals surface area contributed by atoms with E-state index in [0.29, 0.717) is 38.0 Å². The summed E-state index contributed by atoms with van der Waals surface area (Å²) >= 11 is 1.59. The summed E-state index contributed by atoms with van der Waals surface area (Å²) in [4.78, 5) is 31.9. The molecule has 184 valence electrons. The maximum absolute atomic E-state index is 12.8. The molecule has 35 heavy (non-hydrogen) atoms. The Morgan fingerprint density at radius 1 is 1.17 bits per heavy atom. The molecule has 0 spiro atoms. The molecule has 2 aliphatic heterocycles. The van der Waals surface area contributed by atoms with E-state index in [0.717, 1.165) is 39.6 Å². The molecule has 9 nitrogen and oxygen atoms in total. The van der Waals surface area contributed by atoms with Gasteiger partial charge >= 0.3 is 0 Å². The van der Waals surface area contributed by atoms with Gasteiger partial charge in [-0.05, 0) is 32.1 Å². The van der Waals surface area contributed by atoms with Gasteiger partial charge in [-0.2, -0.15) is 0 Å². The zero-order chi connectivity index (χ0) is 24.4. The van der Waals surface area contributed by atoms with Crippen LogP contribution in [0.3, 0.4) is 0 Å². The van der Waals surface area contributed by atoms with Gasteiger partial charge in [0.05, 0.1) is 42.7 Å². The maximum Gasteiger partial charge on any atom is 0.246 e. The number of rotatable bonds is 5. The summed E-state index contributed by atoms with van der Waals surface area (Å²) in [7, 11) is 1.59. The molecule has 0 saturated carbocycles. The minimum Gasteiger partial charge on any atom is -0.481 e. The van der Waals surface area contributed by atoms with E-state index in [4.69, 9.17) is 24.2 Å². The molecule has 2 atom stereocenters. The van der Waals surface area contributed by atoms with E-state index in [1.165, 1.54) is 0 Å². The third kappa shape index (κ3) is 5.29. The lowest BCUT2D eigenvalue weighted by Gasteiger charge is -2.34. The molecule has 1 amide bonds. The average Bonchev–Trinajstić information content (AvgIpc) is 3.29. The predicted molar refractivity (Wildman–Crippen MR) is 136 cm³/mol. The number of fused-ring (bicyclic) bond motifs is 1. The summed E-state index contributed by atoms with van der Waals surface area (Å²) in [6.07, 6.45) is 5.32. The van der Waals surface area contributed by atoms with Crippen molar-refractivity contribution in [2.75, 3.05) is 51.4 Å². The minimum absolute atomic E-state index is 0.00561. The van der Waals surface area contributed by atoms with Gasteiger partial charge in [0.1, 0.15) is 0 Å². The molecule has 0 bridgehead atoms. The van der Waals surface area contributed by atoms with Crippen LogP contribution >= 0.6 is 11.3 Å². The molecule has 5 rings (SSSR count). The topological polar surface area (TPSA) is 89.9 Å². The summed E-state index contributed by atoms with van der Waals surface area (Å²) in [5, 5.41) is 0. The van der Waals surface area contributed by atoms with Gasteiger partial charge in [0.2, 0.25) is 11.8 Å². The van der Waals surface area contributed by atoms with Crippen LogP contribution in [-0.4, -0.2) is 84.5 Å². The number of thiophene rings is 1. The molecule has 3 aromatic rings. The number of hydrogen-bond acceptors (Lipinski definition) is 9. The monoisotopic (exact) mass is 495 g/mol. The first-order valence-electron chi connectivity index (χ1n) is 11.8. The minimum atomic E-state index is -0.00561. The standard InChI is InChI=1S/C25H29N5O4S/c1-16-14-30(15-17(2)34-16)22(31)7-5-19-12-20-23(35-19)25(29-8-10-33-11-9-29)28-24(27-20)18-4-6-21(32-3)26-13-18/h4-7,12-13,16-17H,8-11,14-15H2,1-3H3/b7-5+/t16-,17+. The quantitative estimate of drug-likeness (QED) is 0.499. The Morgan fingerprint density at radius 3 is 2.63 bits per heavy atom. The van der Waals surface area contributed by atoms with E-state index in [2.05, 4.69) is 9.88 Å². The second kappa shape index (κ2) is 10.3. The van der Waals surface area contributed by atoms with Crippen LogP contribution in [0.15, 0.2) is 30.5 Å². The number of pyridine rings is 1. The molecule has 0 unspecified atom stereocenters. The normalized spacial score (nSPS) is 21.1. The maximum atomic E-state index is 12.8. The Labute approximate surface area is 208 Å². The van der Waals surface area contributed by atoms with Gasteiger partial charge < -0.3 is 24.0 Å². The van der Waals surface area contributed by atoms with Gasteiger partial charge in [-0.25, -0.2) is 15.0 Å². The van der Waals surface area contributed by atoms with Crippen LogP contribution in [0.2, 0.25) is 0 Å². The highest BCUT2D eigenvalue weighted by molar-refractivity contribution is 7.20. The smallest absolute Gasteiger partial charge is 0.246 e. The van der Waals surface area contributed by atoms with E-state index in [1.54, 1.807) is 36.8 Å². The van der Waals surface area contributed by atoms with Gasteiger partial charge in [0.15, 0.2) is 11.6 Å². The number of amides is 1. The van der Waals surface area contributed by atoms with Crippen LogP contribution < -0.4 is 9.64 Å². The molecule has 2 saturated heterocycles. The van der Waals surface area contributed by atoms with E-state index in [-0.39, 0.29) is 18.1 Å². The molecular weight excluding hydrogens is 466 g/mol. The molecule has 0 aliphatic carbocycles. The first-order valence-corrected chi connectivity index (χ1v) is 12.6. The van der Waals surface area contributed by atoms with Crippen molar-refractivity contribution in [1.29, 1.82) is 0 Å². The lowest BCUT2D eigenvalue weighted by molar-refractivity contribution is -0.137. The van der Waals surface area contributed by atoms with Crippen molar-refractivity contribution in [3.05, 3.63) is 35.3 Å². The molecule has 0 N–H and O–H groups in total. The highest BCUT2D eigenvalue weighted by atomic mass is 32.1. The lowest BCUT2D eigenvalue weighted by Crippen LogP contribution is -2.47. The van der Waals surface area contributed by atoms with Crippen LogP contribution in [0.5, 0.6) is 5.88 Å². The SMILES string of the molecule is COc1ccc(-c2nc(N3CCOCC3)c3sc(/C=C/C(=O)N4C[C@@H](C)O[C@@H](C)C4)cc3n2)cn1. The Hall–Kier alpha value is -3.08. The molecule has 2 fully saturated rings. The van der Waals surface area contributed by atoms with Crippen LogP contribution in [0, 0.1) is 0 Å². The third-order valence-corrected chi connectivity index (χ3v) is 7.09. The largest absolute Gasteiger partial charge is 0.481 e. The second-order valence-corrected chi connectivity index (χ2v) is 9.84. The number of aromatic nitrogens is 3. The predicted octanol–water partition coefficient (Wildman–Crippen LogP) is 3.25. The Kier molecular flexibility index (Phi) is 6.94. The van der Waals surface area contributed by atoms with E-state index in [9.17, 15) is 4.79 Å². The van der Waals surface area contributed by atoms with Crippen LogP contribution in [-0.2, 0) is 14.3 Å². The van der Waals surface area contributed by atoms with Gasteiger partial charge in [0.25, 0.3) is 0 Å². The molecule has 10 heteroatoms. The van der Waals surface area contributed by atoms with E-state index < -0.39 is 0 Å². The lowest BCUT2D eigenvalue weighted by atomic mass is 10.2. The number of carbonyl (C=O) groups excluding carboxylic acids is 1. The molecule has 3 aromatic heterocycles. The van der Waals surface area contributed by atoms with Crippen molar-refractivity contribution in [2.24, 2.45) is 0 Å². The van der Waals surface area contributed by atoms with Crippen LogP contribution in [0.1, 0.15) is 18.7 Å². The highest BCUT2D eigenvalue weighted by Crippen LogP contribution is 2.35. The zero-order valence-corrected chi connectivity index (χ0v) is 21.0. The summed E-state index contributed by atoms with van der Waals surface area (Å²) in [6, 6.07) is 5.73. The number of hydrogen-bond donors (Lipinski definition) is 0. The number of anilines is 1. The average molecular weight is 496 g/mol. The fraction of sp³-hybridized carbons (Fsp3) is 0.440. The van der Waals surface area contributed by atoms with Crippen molar-refractivity contribution < 1.29 is 19.0 Å². The third-order valence-electron chi connectivity index (χ3n) is 6.01.